The van der Waals surface area contributed by atoms with Crippen LogP contribution in [-0.2, 0) is 9.59 Å². The number of hydrogen-bond donors (Lipinski definition) is 2. The lowest BCUT2D eigenvalue weighted by molar-refractivity contribution is -0.147. The maximum atomic E-state index is 12.1. The number of carbonyl (C=O) groups is 2. The summed E-state index contributed by atoms with van der Waals surface area (Å²) in [6, 6.07) is 5.85. The number of carboxylic acid groups (broad SMARTS) is 1. The number of thioether (sulfide) groups is 1. The number of carboxylic acids is 1. The van der Waals surface area contributed by atoms with Crippen molar-refractivity contribution in [3.05, 3.63) is 24.3 Å². The smallest absolute Gasteiger partial charge is 0.319 e. The van der Waals surface area contributed by atoms with Crippen molar-refractivity contribution in [2.24, 2.45) is 5.41 Å². The first kappa shape index (κ1) is 13.8. The van der Waals surface area contributed by atoms with E-state index in [9.17, 15) is 18.4 Å². The van der Waals surface area contributed by atoms with Crippen LogP contribution in [0.5, 0.6) is 0 Å². The number of halogens is 2. The first-order chi connectivity index (χ1) is 8.94. The van der Waals surface area contributed by atoms with Gasteiger partial charge in [-0.15, -0.1) is 0 Å². The number of alkyl halides is 2. The molecule has 1 aliphatic rings. The lowest BCUT2D eigenvalue weighted by Gasteiger charge is -2.11. The maximum Gasteiger partial charge on any atom is 0.319 e. The molecule has 2 N–H and O–H groups in total. The van der Waals surface area contributed by atoms with Crippen LogP contribution in [-0.4, -0.2) is 22.7 Å². The zero-order valence-electron chi connectivity index (χ0n) is 9.73. The van der Waals surface area contributed by atoms with Crippen LogP contribution in [0.4, 0.5) is 14.5 Å². The van der Waals surface area contributed by atoms with Gasteiger partial charge in [0.15, 0.2) is 0 Å². The minimum atomic E-state index is -2.50. The normalized spacial score (nSPS) is 16.2. The number of nitrogens with one attached hydrogen (secondary N) is 1. The van der Waals surface area contributed by atoms with E-state index < -0.39 is 23.0 Å². The molecule has 0 aromatic heterocycles. The van der Waals surface area contributed by atoms with E-state index in [0.717, 1.165) is 0 Å². The zero-order chi connectivity index (χ0) is 14.0. The molecule has 1 aromatic carbocycles. The highest BCUT2D eigenvalue weighted by Gasteiger charge is 2.57. The van der Waals surface area contributed by atoms with Gasteiger partial charge >= 0.3 is 5.97 Å². The van der Waals surface area contributed by atoms with Gasteiger partial charge in [0.25, 0.3) is 5.76 Å². The molecular weight excluding hydrogens is 276 g/mol. The minimum absolute atomic E-state index is 0.327. The van der Waals surface area contributed by atoms with E-state index in [1.54, 1.807) is 0 Å². The Labute approximate surface area is 112 Å². The number of aliphatic carboxylic acids is 1. The summed E-state index contributed by atoms with van der Waals surface area (Å²) in [5, 5.41) is 11.4. The van der Waals surface area contributed by atoms with Gasteiger partial charge in [0.05, 0.1) is 0 Å². The summed E-state index contributed by atoms with van der Waals surface area (Å²) >= 11 is 0.409. The van der Waals surface area contributed by atoms with Crippen molar-refractivity contribution in [1.29, 1.82) is 0 Å². The summed E-state index contributed by atoms with van der Waals surface area (Å²) in [4.78, 5) is 23.1. The fourth-order valence-corrected chi connectivity index (χ4v) is 2.13. The van der Waals surface area contributed by atoms with Crippen LogP contribution in [0.25, 0.3) is 0 Å². The highest BCUT2D eigenvalue weighted by atomic mass is 32.2. The van der Waals surface area contributed by atoms with E-state index in [4.69, 9.17) is 5.11 Å². The van der Waals surface area contributed by atoms with Gasteiger partial charge in [-0.1, -0.05) is 11.8 Å². The van der Waals surface area contributed by atoms with E-state index in [0.29, 0.717) is 35.2 Å². The van der Waals surface area contributed by atoms with Gasteiger partial charge in [-0.2, -0.15) is 8.78 Å². The van der Waals surface area contributed by atoms with Crippen molar-refractivity contribution < 1.29 is 23.5 Å². The Bertz CT molecular complexity index is 500. The summed E-state index contributed by atoms with van der Waals surface area (Å²) in [6.45, 7) is 0. The SMILES string of the molecule is O=C(O)C1(C(=O)Nc2ccc(SC(F)F)cc2)CC1. The Morgan fingerprint density at radius 3 is 2.26 bits per heavy atom. The highest BCUT2D eigenvalue weighted by molar-refractivity contribution is 7.99. The number of carbonyl (C=O) groups excluding carboxylic acids is 1. The molecule has 1 aromatic rings. The Morgan fingerprint density at radius 2 is 1.84 bits per heavy atom. The molecule has 0 unspecified atom stereocenters. The number of anilines is 1. The maximum absolute atomic E-state index is 12.1. The van der Waals surface area contributed by atoms with Gasteiger partial charge < -0.3 is 10.4 Å². The number of amides is 1. The van der Waals surface area contributed by atoms with Crippen molar-refractivity contribution >= 4 is 29.3 Å². The molecule has 0 radical (unpaired) electrons. The predicted molar refractivity (Wildman–Crippen MR) is 66.2 cm³/mol. The van der Waals surface area contributed by atoms with Gasteiger partial charge in [-0.25, -0.2) is 0 Å². The fraction of sp³-hybridized carbons (Fsp3) is 0.333. The minimum Gasteiger partial charge on any atom is -0.480 e. The molecule has 0 atom stereocenters. The summed E-state index contributed by atoms with van der Waals surface area (Å²) < 4.78 is 24.2. The van der Waals surface area contributed by atoms with E-state index in [2.05, 4.69) is 5.32 Å². The second kappa shape index (κ2) is 5.16. The lowest BCUT2D eigenvalue weighted by atomic mass is 10.1. The monoisotopic (exact) mass is 287 g/mol. The molecule has 0 bridgehead atoms. The summed E-state index contributed by atoms with van der Waals surface area (Å²) in [5.41, 5.74) is -0.910. The first-order valence-electron chi connectivity index (χ1n) is 5.54. The third-order valence-electron chi connectivity index (χ3n) is 2.93. The molecule has 2 rings (SSSR count). The Balaban J connectivity index is 2.00. The van der Waals surface area contributed by atoms with E-state index in [-0.39, 0.29) is 0 Å². The summed E-state index contributed by atoms with van der Waals surface area (Å²) in [7, 11) is 0. The number of benzene rings is 1. The highest BCUT2D eigenvalue weighted by Crippen LogP contribution is 2.46. The van der Waals surface area contributed by atoms with Crippen LogP contribution in [0.1, 0.15) is 12.8 Å². The van der Waals surface area contributed by atoms with Crippen LogP contribution in [0.15, 0.2) is 29.2 Å². The Hall–Kier alpha value is -1.63. The van der Waals surface area contributed by atoms with Crippen LogP contribution in [0, 0.1) is 5.41 Å². The van der Waals surface area contributed by atoms with E-state index in [1.807, 2.05) is 0 Å². The van der Waals surface area contributed by atoms with Gasteiger partial charge in [0.1, 0.15) is 5.41 Å². The van der Waals surface area contributed by atoms with Gasteiger partial charge in [-0.3, -0.25) is 9.59 Å². The summed E-state index contributed by atoms with van der Waals surface area (Å²) in [5.74, 6) is -4.19. The van der Waals surface area contributed by atoms with Crippen molar-refractivity contribution in [3.63, 3.8) is 0 Å². The van der Waals surface area contributed by atoms with Gasteiger partial charge in [0.2, 0.25) is 5.91 Å². The Kier molecular flexibility index (Phi) is 3.75. The number of hydrogen-bond acceptors (Lipinski definition) is 3. The van der Waals surface area contributed by atoms with Crippen molar-refractivity contribution in [2.75, 3.05) is 5.32 Å². The molecule has 4 nitrogen and oxygen atoms in total. The molecule has 7 heteroatoms. The van der Waals surface area contributed by atoms with Crippen LogP contribution in [0.2, 0.25) is 0 Å². The molecule has 1 saturated carbocycles. The second-order valence-electron chi connectivity index (χ2n) is 4.24. The van der Waals surface area contributed by atoms with E-state index in [1.165, 1.54) is 24.3 Å². The predicted octanol–water partition coefficient (Wildman–Crippen LogP) is 2.80. The first-order valence-corrected chi connectivity index (χ1v) is 6.42. The fourth-order valence-electron chi connectivity index (χ4n) is 1.63. The quantitative estimate of drug-likeness (QED) is 0.645. The molecule has 0 spiro atoms. The molecule has 0 saturated heterocycles. The largest absolute Gasteiger partial charge is 0.480 e. The average molecular weight is 287 g/mol. The van der Waals surface area contributed by atoms with Crippen molar-refractivity contribution in [1.82, 2.24) is 0 Å². The molecule has 19 heavy (non-hydrogen) atoms. The topological polar surface area (TPSA) is 66.4 Å². The molecule has 0 aliphatic heterocycles. The van der Waals surface area contributed by atoms with Crippen LogP contribution >= 0.6 is 11.8 Å². The van der Waals surface area contributed by atoms with Crippen LogP contribution in [0.3, 0.4) is 0 Å². The Morgan fingerprint density at radius 1 is 1.26 bits per heavy atom. The second-order valence-corrected chi connectivity index (χ2v) is 5.31. The molecule has 1 aliphatic carbocycles. The van der Waals surface area contributed by atoms with Gasteiger partial charge in [-0.05, 0) is 37.1 Å². The molecule has 0 heterocycles. The third-order valence-corrected chi connectivity index (χ3v) is 3.65. The molecule has 102 valence electrons. The van der Waals surface area contributed by atoms with E-state index >= 15 is 0 Å². The zero-order valence-corrected chi connectivity index (χ0v) is 10.5. The molecule has 1 fully saturated rings. The van der Waals surface area contributed by atoms with Crippen molar-refractivity contribution in [3.8, 4) is 0 Å². The molecule has 1 amide bonds. The standard InChI is InChI=1S/C12H11F2NO3S/c13-11(14)19-8-3-1-7(2-4-8)15-9(16)12(5-6-12)10(17)18/h1-4,11H,5-6H2,(H,15,16)(H,17,18). The lowest BCUT2D eigenvalue weighted by Crippen LogP contribution is -2.31. The van der Waals surface area contributed by atoms with Gasteiger partial charge in [0, 0.05) is 10.6 Å². The summed E-state index contributed by atoms with van der Waals surface area (Å²) in [6.07, 6.45) is 0.654. The van der Waals surface area contributed by atoms with Crippen molar-refractivity contribution in [2.45, 2.75) is 23.5 Å². The van der Waals surface area contributed by atoms with Crippen LogP contribution < -0.4 is 5.32 Å². The third kappa shape index (κ3) is 3.04. The number of rotatable bonds is 5. The molecular formula is C12H11F2NO3S. The average Bonchev–Trinajstić information content (AvgIpc) is 3.12.